The van der Waals surface area contributed by atoms with Crippen molar-refractivity contribution in [1.29, 1.82) is 5.41 Å². The summed E-state index contributed by atoms with van der Waals surface area (Å²) in [5.41, 5.74) is 4.72. The number of rotatable bonds is 4. The van der Waals surface area contributed by atoms with E-state index in [1.165, 1.54) is 0 Å². The Morgan fingerprint density at radius 3 is 2.80 bits per heavy atom. The topological polar surface area (TPSA) is 49.9 Å². The van der Waals surface area contributed by atoms with Gasteiger partial charge in [0.25, 0.3) is 0 Å². The maximum Gasteiger partial charge on any atom is 0.0984 e. The van der Waals surface area contributed by atoms with E-state index in [1.807, 2.05) is 26.3 Å². The standard InChI is InChI=1S/C13H18N2/c1-4-8-12(3,11(14)15)13(5-2)9-6-7-10-13/h4,6,9H,7-8,10H2,1,3H3,(H3,14,15). The highest BCUT2D eigenvalue weighted by molar-refractivity contribution is 5.85. The lowest BCUT2D eigenvalue weighted by molar-refractivity contribution is 0.247. The van der Waals surface area contributed by atoms with Gasteiger partial charge in [-0.25, -0.2) is 0 Å². The van der Waals surface area contributed by atoms with Crippen molar-refractivity contribution in [3.63, 3.8) is 0 Å². The normalized spacial score (nSPS) is 28.3. The fraction of sp³-hybridized carbons (Fsp3) is 0.538. The van der Waals surface area contributed by atoms with Crippen LogP contribution in [0.15, 0.2) is 12.2 Å². The molecule has 0 bridgehead atoms. The molecular weight excluding hydrogens is 184 g/mol. The van der Waals surface area contributed by atoms with Gasteiger partial charge in [-0.2, -0.15) is 0 Å². The van der Waals surface area contributed by atoms with E-state index in [2.05, 4.69) is 12.0 Å². The molecule has 0 aliphatic heterocycles. The molecule has 1 aliphatic carbocycles. The number of hydrogen-bond acceptors (Lipinski definition) is 1. The van der Waals surface area contributed by atoms with E-state index in [4.69, 9.17) is 17.6 Å². The second-order valence-electron chi connectivity index (χ2n) is 4.40. The highest BCUT2D eigenvalue weighted by Crippen LogP contribution is 2.49. The Labute approximate surface area is 92.4 Å². The average molecular weight is 202 g/mol. The summed E-state index contributed by atoms with van der Waals surface area (Å²) in [5, 5.41) is 7.75. The van der Waals surface area contributed by atoms with Crippen molar-refractivity contribution in [2.75, 3.05) is 0 Å². The molecule has 2 nitrogen and oxygen atoms in total. The predicted molar refractivity (Wildman–Crippen MR) is 62.6 cm³/mol. The van der Waals surface area contributed by atoms with Crippen molar-refractivity contribution in [1.82, 2.24) is 0 Å². The molecule has 1 rings (SSSR count). The van der Waals surface area contributed by atoms with Crippen molar-refractivity contribution in [2.45, 2.75) is 33.1 Å². The molecule has 2 heteroatoms. The van der Waals surface area contributed by atoms with E-state index in [-0.39, 0.29) is 5.84 Å². The first kappa shape index (κ1) is 11.8. The van der Waals surface area contributed by atoms with Crippen LogP contribution in [0.5, 0.6) is 0 Å². The monoisotopic (exact) mass is 202 g/mol. The predicted octanol–water partition coefficient (Wildman–Crippen LogP) is 2.47. The minimum atomic E-state index is -0.503. The molecular formula is C13H18N2. The molecule has 2 atom stereocenters. The van der Waals surface area contributed by atoms with E-state index >= 15 is 0 Å². The number of allylic oxidation sites excluding steroid dienone is 2. The molecule has 0 spiro atoms. The van der Waals surface area contributed by atoms with Crippen molar-refractivity contribution < 1.29 is 0 Å². The van der Waals surface area contributed by atoms with Gasteiger partial charge in [-0.05, 0) is 32.1 Å². The van der Waals surface area contributed by atoms with Gasteiger partial charge in [-0.1, -0.05) is 31.9 Å². The second-order valence-corrected chi connectivity index (χ2v) is 4.40. The minimum Gasteiger partial charge on any atom is -0.387 e. The van der Waals surface area contributed by atoms with Crippen LogP contribution in [0.1, 0.15) is 33.1 Å². The molecule has 80 valence electrons. The SMILES string of the molecule is [C]#CC1(C(C)(C[CH]C)C(=N)N)C=CCC1. The molecule has 0 amide bonds. The Kier molecular flexibility index (Phi) is 3.24. The summed E-state index contributed by atoms with van der Waals surface area (Å²) in [5.74, 6) is 2.75. The maximum absolute atomic E-state index is 7.75. The zero-order chi connectivity index (χ0) is 11.5. The fourth-order valence-corrected chi connectivity index (χ4v) is 2.32. The van der Waals surface area contributed by atoms with E-state index in [9.17, 15) is 0 Å². The van der Waals surface area contributed by atoms with Crippen molar-refractivity contribution in [3.8, 4) is 5.92 Å². The Hall–Kier alpha value is -1.23. The number of nitrogens with one attached hydrogen (secondary N) is 1. The Balaban J connectivity index is 3.13. The summed E-state index contributed by atoms with van der Waals surface area (Å²) >= 11 is 0. The van der Waals surface area contributed by atoms with Gasteiger partial charge < -0.3 is 5.73 Å². The van der Waals surface area contributed by atoms with Gasteiger partial charge in [0.2, 0.25) is 0 Å². The molecule has 3 N–H and O–H groups in total. The summed E-state index contributed by atoms with van der Waals surface area (Å²) in [4.78, 5) is 0. The van der Waals surface area contributed by atoms with Gasteiger partial charge in [0.1, 0.15) is 0 Å². The first-order valence-electron chi connectivity index (χ1n) is 5.26. The van der Waals surface area contributed by atoms with Crippen LogP contribution in [0.3, 0.4) is 0 Å². The highest BCUT2D eigenvalue weighted by Gasteiger charge is 2.48. The molecule has 0 aromatic carbocycles. The molecule has 0 heterocycles. The lowest BCUT2D eigenvalue weighted by atomic mass is 9.61. The largest absolute Gasteiger partial charge is 0.387 e. The second kappa shape index (κ2) is 4.10. The zero-order valence-corrected chi connectivity index (χ0v) is 9.43. The van der Waals surface area contributed by atoms with Crippen molar-refractivity contribution >= 4 is 5.84 Å². The average Bonchev–Trinajstić information content (AvgIpc) is 2.67. The van der Waals surface area contributed by atoms with Crippen molar-refractivity contribution in [2.24, 2.45) is 16.6 Å². The summed E-state index contributed by atoms with van der Waals surface area (Å²) in [6.45, 7) is 3.91. The quantitative estimate of drug-likeness (QED) is 0.313. The van der Waals surface area contributed by atoms with E-state index in [1.54, 1.807) is 0 Å². The summed E-state index contributed by atoms with van der Waals surface area (Å²) < 4.78 is 0. The molecule has 0 fully saturated rings. The van der Waals surface area contributed by atoms with Crippen molar-refractivity contribution in [3.05, 3.63) is 25.0 Å². The third-order valence-corrected chi connectivity index (χ3v) is 3.52. The summed E-state index contributed by atoms with van der Waals surface area (Å²) in [6.07, 6.45) is 16.0. The molecule has 0 aromatic heterocycles. The molecule has 0 saturated heterocycles. The zero-order valence-electron chi connectivity index (χ0n) is 9.43. The highest BCUT2D eigenvalue weighted by atomic mass is 14.8. The van der Waals surface area contributed by atoms with Gasteiger partial charge >= 0.3 is 0 Å². The van der Waals surface area contributed by atoms with E-state index < -0.39 is 10.8 Å². The van der Waals surface area contributed by atoms with Gasteiger partial charge in [-0.15, -0.1) is 0 Å². The molecule has 0 saturated carbocycles. The lowest BCUT2D eigenvalue weighted by Gasteiger charge is -2.41. The molecule has 0 aromatic rings. The van der Waals surface area contributed by atoms with Gasteiger partial charge in [-0.3, -0.25) is 5.41 Å². The first-order valence-corrected chi connectivity index (χ1v) is 5.26. The third kappa shape index (κ3) is 1.67. The molecule has 2 unspecified atom stereocenters. The molecule has 2 radical (unpaired) electrons. The molecule has 15 heavy (non-hydrogen) atoms. The van der Waals surface area contributed by atoms with E-state index in [0.717, 1.165) is 12.8 Å². The fourth-order valence-electron chi connectivity index (χ4n) is 2.32. The van der Waals surface area contributed by atoms with E-state index in [0.29, 0.717) is 6.42 Å². The summed E-state index contributed by atoms with van der Waals surface area (Å²) in [7, 11) is 0. The minimum absolute atomic E-state index is 0.145. The Morgan fingerprint density at radius 2 is 2.47 bits per heavy atom. The smallest absolute Gasteiger partial charge is 0.0984 e. The van der Waals surface area contributed by atoms with Gasteiger partial charge in [0, 0.05) is 5.41 Å². The Bertz CT molecular complexity index is 324. The van der Waals surface area contributed by atoms with Crippen LogP contribution in [0.2, 0.25) is 0 Å². The van der Waals surface area contributed by atoms with Crippen LogP contribution in [0.4, 0.5) is 0 Å². The van der Waals surface area contributed by atoms with Gasteiger partial charge in [0.05, 0.1) is 11.3 Å². The van der Waals surface area contributed by atoms with Crippen LogP contribution < -0.4 is 5.73 Å². The van der Waals surface area contributed by atoms with Crippen LogP contribution in [-0.4, -0.2) is 5.84 Å². The first-order chi connectivity index (χ1) is 7.02. The van der Waals surface area contributed by atoms with Crippen LogP contribution >= 0.6 is 0 Å². The van der Waals surface area contributed by atoms with Crippen LogP contribution in [0.25, 0.3) is 0 Å². The number of nitrogens with two attached hydrogens (primary N) is 1. The number of hydrogen-bond donors (Lipinski definition) is 2. The number of amidine groups is 1. The van der Waals surface area contributed by atoms with Crippen LogP contribution in [0, 0.1) is 35.0 Å². The third-order valence-electron chi connectivity index (χ3n) is 3.52. The lowest BCUT2D eigenvalue weighted by Crippen LogP contribution is -2.46. The van der Waals surface area contributed by atoms with Gasteiger partial charge in [0.15, 0.2) is 0 Å². The summed E-state index contributed by atoms with van der Waals surface area (Å²) in [6, 6.07) is 0. The Morgan fingerprint density at radius 1 is 1.80 bits per heavy atom. The maximum atomic E-state index is 7.75. The van der Waals surface area contributed by atoms with Crippen LogP contribution in [-0.2, 0) is 0 Å². The molecule has 1 aliphatic rings.